The average Bonchev–Trinajstić information content (AvgIpc) is 3.00. The molecular formula is C19H23N3O3. The maximum atomic E-state index is 12.8. The lowest BCUT2D eigenvalue weighted by Crippen LogP contribution is -2.36. The van der Waals surface area contributed by atoms with Crippen molar-refractivity contribution >= 4 is 10.9 Å². The van der Waals surface area contributed by atoms with E-state index in [4.69, 9.17) is 0 Å². The zero-order valence-corrected chi connectivity index (χ0v) is 15.0. The van der Waals surface area contributed by atoms with Crippen LogP contribution in [0.3, 0.4) is 0 Å². The van der Waals surface area contributed by atoms with Crippen LogP contribution in [0.25, 0.3) is 22.2 Å². The molecule has 0 aliphatic heterocycles. The zero-order valence-electron chi connectivity index (χ0n) is 15.0. The minimum Gasteiger partial charge on any atom is -0.394 e. The molecule has 1 N–H and O–H groups in total. The smallest absolute Gasteiger partial charge is 0.330 e. The van der Waals surface area contributed by atoms with Gasteiger partial charge >= 0.3 is 5.69 Å². The van der Waals surface area contributed by atoms with Gasteiger partial charge in [-0.25, -0.2) is 4.79 Å². The Morgan fingerprint density at radius 3 is 2.28 bits per heavy atom. The van der Waals surface area contributed by atoms with Crippen LogP contribution in [0.1, 0.15) is 24.9 Å². The highest BCUT2D eigenvalue weighted by Crippen LogP contribution is 2.31. The monoisotopic (exact) mass is 341 g/mol. The molecule has 6 heteroatoms. The number of aryl methyl sites for hydroxylation is 2. The van der Waals surface area contributed by atoms with Gasteiger partial charge in [-0.15, -0.1) is 0 Å². The van der Waals surface area contributed by atoms with E-state index in [1.807, 2.05) is 42.7 Å². The van der Waals surface area contributed by atoms with Gasteiger partial charge in [0.1, 0.15) is 0 Å². The standard InChI is InChI=1S/C19H23N3O3/c1-5-14(11-23)22-10-15-16(18(24)21(4)19(25)20(15)3)17(22)13-8-6-12(2)7-9-13/h6-10,14,23H,5,11H2,1-4H3. The lowest BCUT2D eigenvalue weighted by Gasteiger charge is -2.18. The van der Waals surface area contributed by atoms with E-state index >= 15 is 0 Å². The van der Waals surface area contributed by atoms with Gasteiger partial charge in [0.15, 0.2) is 0 Å². The molecule has 0 saturated heterocycles. The maximum Gasteiger partial charge on any atom is 0.330 e. The van der Waals surface area contributed by atoms with E-state index < -0.39 is 0 Å². The van der Waals surface area contributed by atoms with Crippen molar-refractivity contribution in [1.82, 2.24) is 13.7 Å². The van der Waals surface area contributed by atoms with Gasteiger partial charge in [0, 0.05) is 20.3 Å². The number of fused-ring (bicyclic) bond motifs is 1. The number of hydrogen-bond donors (Lipinski definition) is 1. The van der Waals surface area contributed by atoms with Crippen LogP contribution in [0, 0.1) is 6.92 Å². The van der Waals surface area contributed by atoms with E-state index in [-0.39, 0.29) is 23.9 Å². The molecule has 132 valence electrons. The largest absolute Gasteiger partial charge is 0.394 e. The molecule has 0 aliphatic carbocycles. The molecule has 0 spiro atoms. The summed E-state index contributed by atoms with van der Waals surface area (Å²) in [6, 6.07) is 7.75. The highest BCUT2D eigenvalue weighted by atomic mass is 16.3. The summed E-state index contributed by atoms with van der Waals surface area (Å²) in [5, 5.41) is 10.3. The quantitative estimate of drug-likeness (QED) is 0.789. The summed E-state index contributed by atoms with van der Waals surface area (Å²) in [4.78, 5) is 25.1. The van der Waals surface area contributed by atoms with Gasteiger partial charge < -0.3 is 9.67 Å². The predicted molar refractivity (Wildman–Crippen MR) is 99.0 cm³/mol. The van der Waals surface area contributed by atoms with E-state index in [2.05, 4.69) is 0 Å². The Kier molecular flexibility index (Phi) is 4.39. The molecule has 1 atom stereocenters. The van der Waals surface area contributed by atoms with Gasteiger partial charge in [0.2, 0.25) is 0 Å². The lowest BCUT2D eigenvalue weighted by molar-refractivity contribution is 0.226. The Labute approximate surface area is 145 Å². The molecular weight excluding hydrogens is 318 g/mol. The number of nitrogens with zero attached hydrogens (tertiary/aromatic N) is 3. The van der Waals surface area contributed by atoms with Gasteiger partial charge in [-0.05, 0) is 18.9 Å². The molecule has 0 amide bonds. The first-order valence-corrected chi connectivity index (χ1v) is 8.39. The fourth-order valence-electron chi connectivity index (χ4n) is 3.27. The molecule has 2 aromatic heterocycles. The van der Waals surface area contributed by atoms with Crippen LogP contribution in [0.15, 0.2) is 40.1 Å². The number of aromatic nitrogens is 3. The minimum atomic E-state index is -0.359. The highest BCUT2D eigenvalue weighted by Gasteiger charge is 2.22. The second kappa shape index (κ2) is 6.37. The first kappa shape index (κ1) is 17.2. The maximum absolute atomic E-state index is 12.8. The van der Waals surface area contributed by atoms with Crippen molar-refractivity contribution < 1.29 is 5.11 Å². The Morgan fingerprint density at radius 1 is 1.08 bits per heavy atom. The normalized spacial score (nSPS) is 12.7. The molecule has 0 saturated carbocycles. The Bertz CT molecular complexity index is 1030. The first-order valence-electron chi connectivity index (χ1n) is 8.39. The topological polar surface area (TPSA) is 69.2 Å². The van der Waals surface area contributed by atoms with Crippen LogP contribution in [0.5, 0.6) is 0 Å². The minimum absolute atomic E-state index is 0.0371. The Morgan fingerprint density at radius 2 is 1.72 bits per heavy atom. The molecule has 1 aromatic carbocycles. The van der Waals surface area contributed by atoms with Crippen LogP contribution < -0.4 is 11.2 Å². The average molecular weight is 341 g/mol. The van der Waals surface area contributed by atoms with Gasteiger partial charge in [0.25, 0.3) is 5.56 Å². The van der Waals surface area contributed by atoms with Crippen LogP contribution in [0.4, 0.5) is 0 Å². The number of aliphatic hydroxyl groups is 1. The second-order valence-corrected chi connectivity index (χ2v) is 6.46. The Balaban J connectivity index is 2.50. The summed E-state index contributed by atoms with van der Waals surface area (Å²) in [6.45, 7) is 3.96. The number of benzene rings is 1. The van der Waals surface area contributed by atoms with Crippen LogP contribution >= 0.6 is 0 Å². The molecule has 25 heavy (non-hydrogen) atoms. The van der Waals surface area contributed by atoms with Gasteiger partial charge in [0.05, 0.1) is 29.2 Å². The van der Waals surface area contributed by atoms with E-state index in [0.717, 1.165) is 21.4 Å². The van der Waals surface area contributed by atoms with Crippen LogP contribution in [-0.2, 0) is 14.1 Å². The summed E-state index contributed by atoms with van der Waals surface area (Å²) in [6.07, 6.45) is 2.52. The summed E-state index contributed by atoms with van der Waals surface area (Å²) >= 11 is 0. The van der Waals surface area contributed by atoms with Gasteiger partial charge in [-0.1, -0.05) is 36.8 Å². The third kappa shape index (κ3) is 2.62. The molecule has 0 fully saturated rings. The third-order valence-electron chi connectivity index (χ3n) is 4.87. The van der Waals surface area contributed by atoms with Crippen molar-refractivity contribution in [3.05, 3.63) is 56.9 Å². The van der Waals surface area contributed by atoms with Crippen molar-refractivity contribution in [3.63, 3.8) is 0 Å². The number of hydrogen-bond acceptors (Lipinski definition) is 3. The molecule has 3 rings (SSSR count). The van der Waals surface area contributed by atoms with Crippen LogP contribution in [-0.4, -0.2) is 25.4 Å². The lowest BCUT2D eigenvalue weighted by atomic mass is 10.1. The number of rotatable bonds is 4. The first-order chi connectivity index (χ1) is 11.9. The fraction of sp³-hybridized carbons (Fsp3) is 0.368. The van der Waals surface area contributed by atoms with E-state index in [0.29, 0.717) is 17.3 Å². The summed E-state index contributed by atoms with van der Waals surface area (Å²) in [7, 11) is 3.15. The van der Waals surface area contributed by atoms with Crippen molar-refractivity contribution in [1.29, 1.82) is 0 Å². The molecule has 6 nitrogen and oxygen atoms in total. The third-order valence-corrected chi connectivity index (χ3v) is 4.87. The van der Waals surface area contributed by atoms with Gasteiger partial charge in [-0.2, -0.15) is 0 Å². The molecule has 3 aromatic rings. The summed E-state index contributed by atoms with van der Waals surface area (Å²) < 4.78 is 4.54. The SMILES string of the molecule is CCC(CO)n1cc2c(c1-c1ccc(C)cc1)c(=O)n(C)c(=O)n2C. The molecule has 1 unspecified atom stereocenters. The van der Waals surface area contributed by atoms with Crippen molar-refractivity contribution in [2.45, 2.75) is 26.3 Å². The summed E-state index contributed by atoms with van der Waals surface area (Å²) in [5.74, 6) is 0. The molecule has 2 heterocycles. The zero-order chi connectivity index (χ0) is 18.3. The van der Waals surface area contributed by atoms with Crippen molar-refractivity contribution in [3.8, 4) is 11.3 Å². The second-order valence-electron chi connectivity index (χ2n) is 6.46. The van der Waals surface area contributed by atoms with Crippen molar-refractivity contribution in [2.75, 3.05) is 6.61 Å². The fourth-order valence-corrected chi connectivity index (χ4v) is 3.27. The van der Waals surface area contributed by atoms with E-state index in [9.17, 15) is 14.7 Å². The van der Waals surface area contributed by atoms with Crippen molar-refractivity contribution in [2.24, 2.45) is 14.1 Å². The highest BCUT2D eigenvalue weighted by molar-refractivity contribution is 5.93. The molecule has 0 aliphatic rings. The number of aliphatic hydroxyl groups excluding tert-OH is 1. The van der Waals surface area contributed by atoms with E-state index in [1.54, 1.807) is 13.2 Å². The van der Waals surface area contributed by atoms with Crippen LogP contribution in [0.2, 0.25) is 0 Å². The molecule has 0 radical (unpaired) electrons. The Hall–Kier alpha value is -2.60. The summed E-state index contributed by atoms with van der Waals surface area (Å²) in [5.41, 5.74) is 2.66. The van der Waals surface area contributed by atoms with Gasteiger partial charge in [-0.3, -0.25) is 13.9 Å². The van der Waals surface area contributed by atoms with E-state index in [1.165, 1.54) is 11.6 Å². The molecule has 0 bridgehead atoms. The predicted octanol–water partition coefficient (Wildman–Crippen LogP) is 1.96.